The molecule has 4 rings (SSSR count). The Bertz CT molecular complexity index is 1070. The second kappa shape index (κ2) is 10.1. The number of carboxylic acid groups (broad SMARTS) is 1. The number of benzene rings is 2. The Kier molecular flexibility index (Phi) is 7.12. The minimum Gasteiger partial charge on any atom is -0.481 e. The van der Waals surface area contributed by atoms with E-state index in [1.54, 1.807) is 7.11 Å². The summed E-state index contributed by atoms with van der Waals surface area (Å²) in [7, 11) is 1.55. The van der Waals surface area contributed by atoms with Crippen LogP contribution in [0.15, 0.2) is 48.5 Å². The molecule has 1 saturated carbocycles. The van der Waals surface area contributed by atoms with Gasteiger partial charge in [0, 0.05) is 26.0 Å². The van der Waals surface area contributed by atoms with Crippen molar-refractivity contribution in [1.29, 1.82) is 0 Å². The van der Waals surface area contributed by atoms with Gasteiger partial charge in [0.15, 0.2) is 0 Å². The lowest BCUT2D eigenvalue weighted by Crippen LogP contribution is -2.50. The second-order valence-corrected chi connectivity index (χ2v) is 9.88. The Labute approximate surface area is 205 Å². The number of carbonyl (C=O) groups is 3. The lowest BCUT2D eigenvalue weighted by atomic mass is 9.98. The first-order valence-electron chi connectivity index (χ1n) is 11.9. The molecule has 2 aliphatic rings. The molecule has 0 aromatic heterocycles. The highest BCUT2D eigenvalue weighted by Gasteiger charge is 2.43. The van der Waals surface area contributed by atoms with Crippen LogP contribution < -0.4 is 10.6 Å². The number of carbonyl (C=O) groups excluding carboxylic acids is 2. The highest BCUT2D eigenvalue weighted by atomic mass is 16.5. The monoisotopic (exact) mass is 480 g/mol. The summed E-state index contributed by atoms with van der Waals surface area (Å²) in [5.41, 5.74) is 3.82. The van der Waals surface area contributed by atoms with Crippen molar-refractivity contribution >= 4 is 18.0 Å². The van der Waals surface area contributed by atoms with E-state index in [0.29, 0.717) is 6.42 Å². The summed E-state index contributed by atoms with van der Waals surface area (Å²) in [4.78, 5) is 36.7. The molecule has 1 fully saturated rings. The fourth-order valence-corrected chi connectivity index (χ4v) is 4.70. The van der Waals surface area contributed by atoms with Crippen molar-refractivity contribution in [2.75, 3.05) is 20.3 Å². The van der Waals surface area contributed by atoms with Gasteiger partial charge in [-0.1, -0.05) is 48.5 Å². The minimum absolute atomic E-state index is 0.0815. The van der Waals surface area contributed by atoms with E-state index in [-0.39, 0.29) is 37.3 Å². The minimum atomic E-state index is -0.886. The number of hydrogen-bond acceptors (Lipinski definition) is 5. The lowest BCUT2D eigenvalue weighted by molar-refractivity contribution is -0.139. The largest absolute Gasteiger partial charge is 0.481 e. The fourth-order valence-electron chi connectivity index (χ4n) is 4.70. The van der Waals surface area contributed by atoms with Gasteiger partial charge in [-0.15, -0.1) is 0 Å². The molecule has 3 N–H and O–H groups in total. The topological polar surface area (TPSA) is 114 Å². The van der Waals surface area contributed by atoms with Crippen molar-refractivity contribution in [2.45, 2.75) is 44.2 Å². The average molecular weight is 481 g/mol. The van der Waals surface area contributed by atoms with E-state index in [0.717, 1.165) is 22.3 Å². The number of nitrogens with one attached hydrogen (secondary N) is 2. The maximum Gasteiger partial charge on any atom is 0.407 e. The van der Waals surface area contributed by atoms with Gasteiger partial charge in [0.05, 0.1) is 11.5 Å². The molecular formula is C27H32N2O6. The van der Waals surface area contributed by atoms with E-state index < -0.39 is 29.6 Å². The number of hydrogen-bond donors (Lipinski definition) is 3. The van der Waals surface area contributed by atoms with Crippen LogP contribution in [-0.4, -0.2) is 55.0 Å². The van der Waals surface area contributed by atoms with Crippen LogP contribution in [0.5, 0.6) is 0 Å². The molecule has 2 aliphatic carbocycles. The van der Waals surface area contributed by atoms with Crippen LogP contribution in [0.4, 0.5) is 4.79 Å². The summed E-state index contributed by atoms with van der Waals surface area (Å²) in [5, 5.41) is 14.5. The van der Waals surface area contributed by atoms with E-state index >= 15 is 0 Å². The number of aliphatic carboxylic acids is 1. The quantitative estimate of drug-likeness (QED) is 0.479. The van der Waals surface area contributed by atoms with Gasteiger partial charge < -0.3 is 25.2 Å². The third-order valence-corrected chi connectivity index (χ3v) is 6.98. The Hall–Kier alpha value is -3.39. The van der Waals surface area contributed by atoms with Gasteiger partial charge in [-0.25, -0.2) is 4.79 Å². The summed E-state index contributed by atoms with van der Waals surface area (Å²) in [6.45, 7) is 4.05. The zero-order chi connectivity index (χ0) is 25.2. The second-order valence-electron chi connectivity index (χ2n) is 9.88. The van der Waals surface area contributed by atoms with Crippen molar-refractivity contribution in [3.8, 4) is 11.1 Å². The van der Waals surface area contributed by atoms with Gasteiger partial charge >= 0.3 is 12.1 Å². The van der Waals surface area contributed by atoms with E-state index in [2.05, 4.69) is 22.8 Å². The molecule has 186 valence electrons. The van der Waals surface area contributed by atoms with Gasteiger partial charge in [-0.2, -0.15) is 0 Å². The third-order valence-electron chi connectivity index (χ3n) is 6.98. The van der Waals surface area contributed by atoms with Crippen molar-refractivity contribution < 1.29 is 29.0 Å². The van der Waals surface area contributed by atoms with Crippen LogP contribution in [0.3, 0.4) is 0 Å². The smallest absolute Gasteiger partial charge is 0.407 e. The molecule has 8 heteroatoms. The van der Waals surface area contributed by atoms with Crippen LogP contribution in [0, 0.1) is 11.8 Å². The molecule has 0 bridgehead atoms. The van der Waals surface area contributed by atoms with E-state index in [1.165, 1.54) is 0 Å². The molecule has 3 unspecified atom stereocenters. The Morgan fingerprint density at radius 2 is 1.66 bits per heavy atom. The molecule has 3 atom stereocenters. The van der Waals surface area contributed by atoms with Gasteiger partial charge in [0.2, 0.25) is 5.91 Å². The van der Waals surface area contributed by atoms with Crippen molar-refractivity contribution in [3.63, 3.8) is 0 Å². The Balaban J connectivity index is 1.39. The summed E-state index contributed by atoms with van der Waals surface area (Å²) in [5.74, 6) is -1.82. The molecule has 2 aromatic rings. The molecule has 0 heterocycles. The van der Waals surface area contributed by atoms with Crippen molar-refractivity contribution in [2.24, 2.45) is 11.8 Å². The average Bonchev–Trinajstić information content (AvgIpc) is 3.56. The number of amides is 2. The van der Waals surface area contributed by atoms with Gasteiger partial charge in [0.1, 0.15) is 12.6 Å². The molecule has 0 saturated heterocycles. The number of rotatable bonds is 10. The predicted octanol–water partition coefficient (Wildman–Crippen LogP) is 3.55. The predicted molar refractivity (Wildman–Crippen MR) is 130 cm³/mol. The molecular weight excluding hydrogens is 448 g/mol. The van der Waals surface area contributed by atoms with Crippen LogP contribution >= 0.6 is 0 Å². The molecule has 2 aromatic carbocycles. The zero-order valence-corrected chi connectivity index (χ0v) is 20.2. The molecule has 8 nitrogen and oxygen atoms in total. The van der Waals surface area contributed by atoms with E-state index in [1.807, 2.05) is 50.2 Å². The zero-order valence-electron chi connectivity index (χ0n) is 20.2. The highest BCUT2D eigenvalue weighted by molar-refractivity contribution is 5.86. The van der Waals surface area contributed by atoms with Gasteiger partial charge in [0.25, 0.3) is 0 Å². The number of carboxylic acids is 1. The van der Waals surface area contributed by atoms with E-state index in [9.17, 15) is 14.4 Å². The first-order chi connectivity index (χ1) is 16.7. The Morgan fingerprint density at radius 1 is 1.06 bits per heavy atom. The normalized spacial score (nSPS) is 19.3. The maximum atomic E-state index is 12.9. The number of alkyl carbamates (subject to hydrolysis) is 1. The van der Waals surface area contributed by atoms with Crippen LogP contribution in [-0.2, 0) is 19.1 Å². The van der Waals surface area contributed by atoms with Crippen molar-refractivity contribution in [3.05, 3.63) is 59.7 Å². The van der Waals surface area contributed by atoms with Crippen LogP contribution in [0.2, 0.25) is 0 Å². The summed E-state index contributed by atoms with van der Waals surface area (Å²) < 4.78 is 11.1. The summed E-state index contributed by atoms with van der Waals surface area (Å²) >= 11 is 0. The molecule has 2 amide bonds. The molecule has 0 aliphatic heterocycles. The number of fused-ring (bicyclic) bond motifs is 3. The standard InChI is InChI=1S/C27H32N2O6/c1-27(2,34-3)13-23(24(30)28-14-16-12-21(16)25(31)32)29-26(33)35-15-22-19-10-6-4-8-17(19)18-9-5-7-11-20(18)22/h4-11,16,21-23H,12-15H2,1-3H3,(H,28,30)(H,29,33)(H,31,32). The van der Waals surface area contributed by atoms with Gasteiger partial charge in [-0.05, 0) is 48.4 Å². The third kappa shape index (κ3) is 5.65. The SMILES string of the molecule is COC(C)(C)CC(NC(=O)OCC1c2ccccc2-c2ccccc21)C(=O)NCC1CC1C(=O)O. The Morgan fingerprint density at radius 3 is 2.20 bits per heavy atom. The number of methoxy groups -OCH3 is 1. The first-order valence-corrected chi connectivity index (χ1v) is 11.9. The summed E-state index contributed by atoms with van der Waals surface area (Å²) in [6, 6.07) is 15.3. The first kappa shape index (κ1) is 24.7. The fraction of sp³-hybridized carbons (Fsp3) is 0.444. The van der Waals surface area contributed by atoms with Crippen LogP contribution in [0.25, 0.3) is 11.1 Å². The molecule has 0 spiro atoms. The van der Waals surface area contributed by atoms with E-state index in [4.69, 9.17) is 14.6 Å². The highest BCUT2D eigenvalue weighted by Crippen LogP contribution is 2.44. The molecule has 35 heavy (non-hydrogen) atoms. The molecule has 0 radical (unpaired) electrons. The summed E-state index contributed by atoms with van der Waals surface area (Å²) in [6.07, 6.45) is 0.0877. The maximum absolute atomic E-state index is 12.9. The van der Waals surface area contributed by atoms with Crippen LogP contribution in [0.1, 0.15) is 43.7 Å². The number of ether oxygens (including phenoxy) is 2. The lowest BCUT2D eigenvalue weighted by Gasteiger charge is -2.28. The van der Waals surface area contributed by atoms with Crippen molar-refractivity contribution in [1.82, 2.24) is 10.6 Å². The van der Waals surface area contributed by atoms with Gasteiger partial charge in [-0.3, -0.25) is 9.59 Å².